The van der Waals surface area contributed by atoms with Crippen molar-refractivity contribution in [2.45, 2.75) is 25.4 Å². The van der Waals surface area contributed by atoms with Crippen molar-refractivity contribution in [1.82, 2.24) is 9.55 Å². The molecule has 0 bridgehead atoms. The van der Waals surface area contributed by atoms with Gasteiger partial charge in [-0.25, -0.2) is 0 Å². The van der Waals surface area contributed by atoms with Crippen molar-refractivity contribution in [3.8, 4) is 17.3 Å². The first-order valence-corrected chi connectivity index (χ1v) is 6.59. The third-order valence-corrected chi connectivity index (χ3v) is 3.91. The molecule has 1 atom stereocenters. The van der Waals surface area contributed by atoms with Gasteiger partial charge in [-0.05, 0) is 25.0 Å². The van der Waals surface area contributed by atoms with Gasteiger partial charge in [-0.15, -0.1) is 0 Å². The first-order valence-electron chi connectivity index (χ1n) is 6.22. The molecule has 1 unspecified atom stereocenters. The largest absolute Gasteiger partial charge is 0.341 e. The van der Waals surface area contributed by atoms with Crippen LogP contribution in [0.5, 0.6) is 0 Å². The average molecular weight is 273 g/mol. The Kier molecular flexibility index (Phi) is 3.02. The van der Waals surface area contributed by atoms with Gasteiger partial charge in [0, 0.05) is 30.5 Å². The van der Waals surface area contributed by atoms with Crippen molar-refractivity contribution < 1.29 is 0 Å². The fraction of sp³-hybridized carbons (Fsp3) is 0.286. The molecule has 0 spiro atoms. The Labute approximate surface area is 116 Å². The molecule has 5 heteroatoms. The molecule has 0 aromatic carbocycles. The Bertz CT molecular complexity index is 654. The minimum Gasteiger partial charge on any atom is -0.341 e. The van der Waals surface area contributed by atoms with Gasteiger partial charge in [0.05, 0.1) is 22.0 Å². The van der Waals surface area contributed by atoms with E-state index in [1.165, 1.54) is 0 Å². The van der Waals surface area contributed by atoms with Gasteiger partial charge in [0.2, 0.25) is 0 Å². The van der Waals surface area contributed by atoms with Gasteiger partial charge in [0.25, 0.3) is 0 Å². The molecule has 0 aliphatic carbocycles. The highest BCUT2D eigenvalue weighted by Crippen LogP contribution is 2.40. The van der Waals surface area contributed by atoms with E-state index in [1.807, 2.05) is 12.1 Å². The summed E-state index contributed by atoms with van der Waals surface area (Å²) in [6, 6.07) is 5.88. The number of pyridine rings is 1. The molecule has 2 N–H and O–H groups in total. The van der Waals surface area contributed by atoms with Gasteiger partial charge in [-0.2, -0.15) is 5.26 Å². The van der Waals surface area contributed by atoms with Gasteiger partial charge in [0.15, 0.2) is 0 Å². The van der Waals surface area contributed by atoms with Crippen LogP contribution in [-0.4, -0.2) is 9.55 Å². The molecule has 0 radical (unpaired) electrons. The lowest BCUT2D eigenvalue weighted by atomic mass is 10.0. The maximum absolute atomic E-state index is 9.33. The number of nitrogens with two attached hydrogens (primary N) is 1. The van der Waals surface area contributed by atoms with Crippen LogP contribution >= 0.6 is 11.6 Å². The molecule has 0 fully saturated rings. The highest BCUT2D eigenvalue weighted by atomic mass is 35.5. The lowest BCUT2D eigenvalue weighted by Crippen LogP contribution is -2.22. The van der Waals surface area contributed by atoms with E-state index in [4.69, 9.17) is 17.3 Å². The number of nitrogens with zero attached hydrogens (tertiary/aromatic N) is 3. The van der Waals surface area contributed by atoms with Crippen LogP contribution in [0.2, 0.25) is 5.02 Å². The molecule has 3 rings (SSSR count). The van der Waals surface area contributed by atoms with Gasteiger partial charge in [-0.1, -0.05) is 11.6 Å². The fourth-order valence-electron chi connectivity index (χ4n) is 2.72. The van der Waals surface area contributed by atoms with Crippen molar-refractivity contribution in [3.05, 3.63) is 40.8 Å². The summed E-state index contributed by atoms with van der Waals surface area (Å²) in [6.07, 6.45) is 5.36. The van der Waals surface area contributed by atoms with Crippen LogP contribution in [0.1, 0.15) is 30.1 Å². The summed E-state index contributed by atoms with van der Waals surface area (Å²) in [6.45, 7) is 0.842. The van der Waals surface area contributed by atoms with Crippen LogP contribution in [0.4, 0.5) is 0 Å². The molecule has 2 aromatic heterocycles. The van der Waals surface area contributed by atoms with Gasteiger partial charge < -0.3 is 10.3 Å². The molecule has 96 valence electrons. The first kappa shape index (κ1) is 12.2. The summed E-state index contributed by atoms with van der Waals surface area (Å²) in [7, 11) is 0. The summed E-state index contributed by atoms with van der Waals surface area (Å²) in [5.41, 5.74) is 9.28. The van der Waals surface area contributed by atoms with Gasteiger partial charge in [0.1, 0.15) is 6.07 Å². The molecular formula is C14H13ClN4. The van der Waals surface area contributed by atoms with Crippen LogP contribution in [0, 0.1) is 11.3 Å². The predicted molar refractivity (Wildman–Crippen MR) is 73.6 cm³/mol. The zero-order valence-corrected chi connectivity index (χ0v) is 11.1. The van der Waals surface area contributed by atoms with Crippen LogP contribution in [0.3, 0.4) is 0 Å². The molecule has 1 aliphatic heterocycles. The van der Waals surface area contributed by atoms with E-state index in [0.29, 0.717) is 10.6 Å². The number of hydrogen-bond donors (Lipinski definition) is 1. The monoisotopic (exact) mass is 272 g/mol. The maximum Gasteiger partial charge on any atom is 0.103 e. The summed E-state index contributed by atoms with van der Waals surface area (Å²) in [4.78, 5) is 4.12. The molecule has 2 aromatic rings. The van der Waals surface area contributed by atoms with Crippen molar-refractivity contribution in [2.75, 3.05) is 0 Å². The Morgan fingerprint density at radius 2 is 2.37 bits per heavy atom. The normalized spacial score (nSPS) is 17.8. The molecular weight excluding hydrogens is 260 g/mol. The van der Waals surface area contributed by atoms with E-state index in [1.54, 1.807) is 12.4 Å². The first-order chi connectivity index (χ1) is 9.24. The number of nitriles is 1. The Morgan fingerprint density at radius 3 is 3.05 bits per heavy atom. The third kappa shape index (κ3) is 1.83. The van der Waals surface area contributed by atoms with Crippen molar-refractivity contribution in [3.63, 3.8) is 0 Å². The standard InChI is InChI=1S/C14H13ClN4/c15-12-10(7-16)14-11(17)4-2-6-19(14)13(12)9-3-1-5-18-8-9/h1,3,5,8,11H,2,4,6,17H2. The van der Waals surface area contributed by atoms with E-state index in [9.17, 15) is 5.26 Å². The van der Waals surface area contributed by atoms with Crippen molar-refractivity contribution >= 4 is 11.6 Å². The molecule has 3 heterocycles. The fourth-order valence-corrected chi connectivity index (χ4v) is 3.07. The number of fused-ring (bicyclic) bond motifs is 1. The Morgan fingerprint density at radius 1 is 1.53 bits per heavy atom. The molecule has 0 amide bonds. The van der Waals surface area contributed by atoms with Crippen molar-refractivity contribution in [1.29, 1.82) is 5.26 Å². The molecule has 4 nitrogen and oxygen atoms in total. The minimum absolute atomic E-state index is 0.119. The maximum atomic E-state index is 9.33. The molecule has 1 aliphatic rings. The smallest absolute Gasteiger partial charge is 0.103 e. The zero-order chi connectivity index (χ0) is 13.4. The second-order valence-corrected chi connectivity index (χ2v) is 5.05. The molecule has 0 saturated heterocycles. The van der Waals surface area contributed by atoms with Crippen LogP contribution < -0.4 is 5.73 Å². The van der Waals surface area contributed by atoms with E-state index in [0.717, 1.165) is 36.3 Å². The summed E-state index contributed by atoms with van der Waals surface area (Å²) >= 11 is 6.39. The van der Waals surface area contributed by atoms with Gasteiger partial charge in [-0.3, -0.25) is 4.98 Å². The summed E-state index contributed by atoms with van der Waals surface area (Å²) < 4.78 is 2.08. The van der Waals surface area contributed by atoms with Gasteiger partial charge >= 0.3 is 0 Å². The van der Waals surface area contributed by atoms with E-state index < -0.39 is 0 Å². The number of aromatic nitrogens is 2. The number of hydrogen-bond acceptors (Lipinski definition) is 3. The second kappa shape index (κ2) is 4.69. The topological polar surface area (TPSA) is 67.6 Å². The minimum atomic E-state index is -0.119. The Balaban J connectivity index is 2.30. The van der Waals surface area contributed by atoms with Crippen LogP contribution in [0.25, 0.3) is 11.3 Å². The highest BCUT2D eigenvalue weighted by molar-refractivity contribution is 6.34. The number of halogens is 1. The molecule has 19 heavy (non-hydrogen) atoms. The number of rotatable bonds is 1. The quantitative estimate of drug-likeness (QED) is 0.868. The lowest BCUT2D eigenvalue weighted by Gasteiger charge is -2.23. The Hall–Kier alpha value is -1.83. The average Bonchev–Trinajstić information content (AvgIpc) is 2.73. The van der Waals surface area contributed by atoms with Crippen LogP contribution in [0.15, 0.2) is 24.5 Å². The summed E-state index contributed by atoms with van der Waals surface area (Å²) in [5.74, 6) is 0. The third-order valence-electron chi connectivity index (χ3n) is 3.54. The van der Waals surface area contributed by atoms with E-state index in [2.05, 4.69) is 15.6 Å². The van der Waals surface area contributed by atoms with Crippen LogP contribution in [-0.2, 0) is 6.54 Å². The zero-order valence-electron chi connectivity index (χ0n) is 10.3. The lowest BCUT2D eigenvalue weighted by molar-refractivity contribution is 0.465. The van der Waals surface area contributed by atoms with Crippen molar-refractivity contribution in [2.24, 2.45) is 5.73 Å². The molecule has 0 saturated carbocycles. The summed E-state index contributed by atoms with van der Waals surface area (Å²) in [5, 5.41) is 9.82. The predicted octanol–water partition coefficient (Wildman–Crippen LogP) is 2.87. The van der Waals surface area contributed by atoms with E-state index in [-0.39, 0.29) is 6.04 Å². The second-order valence-electron chi connectivity index (χ2n) is 4.68. The highest BCUT2D eigenvalue weighted by Gasteiger charge is 2.28. The SMILES string of the molecule is N#Cc1c(Cl)c(-c2cccnc2)n2c1C(N)CCC2. The van der Waals surface area contributed by atoms with E-state index >= 15 is 0 Å².